The van der Waals surface area contributed by atoms with Crippen LogP contribution < -0.4 is 21.7 Å². The summed E-state index contributed by atoms with van der Waals surface area (Å²) in [5.74, 6) is -2.50. The van der Waals surface area contributed by atoms with Gasteiger partial charge >= 0.3 is 0 Å². The fraction of sp³-hybridized carbons (Fsp3) is 0.500. The molecule has 7 N–H and O–H groups in total. The van der Waals surface area contributed by atoms with Crippen molar-refractivity contribution in [3.63, 3.8) is 0 Å². The number of aryl methyl sites for hydroxylation is 2. The van der Waals surface area contributed by atoms with Crippen LogP contribution in [-0.2, 0) is 48.8 Å². The van der Waals surface area contributed by atoms with E-state index in [2.05, 4.69) is 139 Å². The normalized spacial score (nSPS) is 17.1. The Morgan fingerprint density at radius 3 is 1.41 bits per heavy atom. The van der Waals surface area contributed by atoms with E-state index in [4.69, 9.17) is 5.73 Å². The van der Waals surface area contributed by atoms with Gasteiger partial charge in [-0.15, -0.1) is 0 Å². The van der Waals surface area contributed by atoms with Crippen LogP contribution in [0, 0.1) is 26.8 Å². The highest BCUT2D eigenvalue weighted by Gasteiger charge is 2.37. The summed E-state index contributed by atoms with van der Waals surface area (Å²) in [6.45, 7) is 14.0. The molecule has 4 aromatic carbocycles. The Balaban J connectivity index is 0.000000218. The van der Waals surface area contributed by atoms with E-state index in [1.54, 1.807) is 15.6 Å². The first-order chi connectivity index (χ1) is 35.4. The van der Waals surface area contributed by atoms with Crippen molar-refractivity contribution in [3.05, 3.63) is 170 Å². The Morgan fingerprint density at radius 2 is 1.03 bits per heavy atom. The fourth-order valence-corrected chi connectivity index (χ4v) is 10.9. The fourth-order valence-electron chi connectivity index (χ4n) is 10.4. The highest BCUT2D eigenvalue weighted by Crippen LogP contribution is 2.40. The number of aliphatic hydroxyl groups excluding tert-OH is 2. The molecule has 8 rings (SSSR count). The molecule has 0 saturated heterocycles. The maximum Gasteiger partial charge on any atom is 0.126 e. The minimum absolute atomic E-state index is 0.0460. The molecule has 0 bridgehead atoms. The van der Waals surface area contributed by atoms with Crippen LogP contribution in [0.3, 0.4) is 0 Å². The van der Waals surface area contributed by atoms with E-state index < -0.39 is 47.6 Å². The summed E-state index contributed by atoms with van der Waals surface area (Å²) in [5.41, 5.74) is 12.7. The van der Waals surface area contributed by atoms with Crippen molar-refractivity contribution in [1.82, 2.24) is 30.2 Å². The molecule has 2 heterocycles. The summed E-state index contributed by atoms with van der Waals surface area (Å²) in [4.78, 5) is 0. The van der Waals surface area contributed by atoms with Crippen molar-refractivity contribution in [2.75, 3.05) is 18.4 Å². The first-order valence-electron chi connectivity index (χ1n) is 26.6. The van der Waals surface area contributed by atoms with Gasteiger partial charge < -0.3 is 31.9 Å². The molecule has 0 spiro atoms. The van der Waals surface area contributed by atoms with Crippen LogP contribution >= 0.6 is 22.6 Å². The third-order valence-electron chi connectivity index (χ3n) is 14.7. The Hall–Kier alpha value is -4.65. The summed E-state index contributed by atoms with van der Waals surface area (Å²) in [6, 6.07) is 23.4. The number of nitrogens with one attached hydrogen (secondary N) is 3. The molecular formula is C60H81F4IN8O2. The van der Waals surface area contributed by atoms with Gasteiger partial charge in [0.25, 0.3) is 0 Å². The monoisotopic (exact) mass is 1150 g/mol. The maximum atomic E-state index is 13.9. The van der Waals surface area contributed by atoms with Crippen molar-refractivity contribution in [2.45, 2.75) is 165 Å². The molecule has 2 aromatic heterocycles. The van der Waals surface area contributed by atoms with Crippen molar-refractivity contribution in [3.8, 4) is 0 Å². The number of rotatable bonds is 16. The molecule has 2 aliphatic carbocycles. The second kappa shape index (κ2) is 26.6. The molecule has 2 saturated carbocycles. The van der Waals surface area contributed by atoms with E-state index >= 15 is 0 Å². The molecule has 15 heteroatoms. The van der Waals surface area contributed by atoms with E-state index in [9.17, 15) is 27.8 Å². The number of nitrogens with zero attached hydrogens (tertiary/aromatic N) is 4. The van der Waals surface area contributed by atoms with E-state index in [0.717, 1.165) is 69.2 Å². The lowest BCUT2D eigenvalue weighted by Crippen LogP contribution is -2.51. The first kappa shape index (κ1) is 59.6. The molecule has 0 amide bonds. The van der Waals surface area contributed by atoms with Crippen LogP contribution in [0.25, 0.3) is 0 Å². The third kappa shape index (κ3) is 17.7. The van der Waals surface area contributed by atoms with Gasteiger partial charge in [-0.25, -0.2) is 17.6 Å². The maximum absolute atomic E-state index is 13.9. The number of halogens is 5. The van der Waals surface area contributed by atoms with Gasteiger partial charge in [0.15, 0.2) is 0 Å². The van der Waals surface area contributed by atoms with Crippen LogP contribution in [0.2, 0.25) is 0 Å². The first-order valence-corrected chi connectivity index (χ1v) is 27.6. The predicted molar refractivity (Wildman–Crippen MR) is 302 cm³/mol. The minimum atomic E-state index is -0.823. The average molecular weight is 1150 g/mol. The molecule has 408 valence electrons. The summed E-state index contributed by atoms with van der Waals surface area (Å²) in [6.07, 6.45) is 17.1. The summed E-state index contributed by atoms with van der Waals surface area (Å²) in [7, 11) is 3.72. The number of nitrogens with two attached hydrogens (primary N) is 1. The lowest BCUT2D eigenvalue weighted by molar-refractivity contribution is 0.116. The summed E-state index contributed by atoms with van der Waals surface area (Å²) in [5, 5.41) is 41.0. The smallest absolute Gasteiger partial charge is 0.126 e. The molecule has 0 aliphatic heterocycles. The van der Waals surface area contributed by atoms with Gasteiger partial charge in [-0.05, 0) is 130 Å². The largest absolute Gasteiger partial charge is 0.390 e. The van der Waals surface area contributed by atoms with Crippen LogP contribution in [0.1, 0.15) is 139 Å². The Kier molecular flexibility index (Phi) is 21.1. The van der Waals surface area contributed by atoms with Gasteiger partial charge in [0.05, 0.1) is 39.9 Å². The van der Waals surface area contributed by atoms with Crippen molar-refractivity contribution in [2.24, 2.45) is 19.8 Å². The van der Waals surface area contributed by atoms with E-state index in [1.165, 1.54) is 62.9 Å². The zero-order valence-corrected chi connectivity index (χ0v) is 47.4. The Labute approximate surface area is 456 Å². The molecule has 10 nitrogen and oxygen atoms in total. The van der Waals surface area contributed by atoms with Gasteiger partial charge in [-0.1, -0.05) is 129 Å². The van der Waals surface area contributed by atoms with Crippen LogP contribution in [0.5, 0.6) is 0 Å². The molecule has 0 unspecified atom stereocenters. The van der Waals surface area contributed by atoms with Gasteiger partial charge in [-0.2, -0.15) is 10.2 Å². The van der Waals surface area contributed by atoms with Gasteiger partial charge in [0.1, 0.15) is 23.3 Å². The van der Waals surface area contributed by atoms with Gasteiger partial charge in [-0.3, -0.25) is 9.36 Å². The zero-order chi connectivity index (χ0) is 54.6. The average Bonchev–Trinajstić information content (AvgIpc) is 3.96. The van der Waals surface area contributed by atoms with E-state index in [1.807, 2.05) is 32.7 Å². The highest BCUT2D eigenvalue weighted by molar-refractivity contribution is 14.1. The minimum Gasteiger partial charge on any atom is -0.390 e. The highest BCUT2D eigenvalue weighted by atomic mass is 127. The molecular weight excluding hydrogens is 1070 g/mol. The number of anilines is 1. The number of hydrogen-bond acceptors (Lipinski definition) is 8. The lowest BCUT2D eigenvalue weighted by Gasteiger charge is -2.41. The molecule has 0 radical (unpaired) electrons. The summed E-state index contributed by atoms with van der Waals surface area (Å²) < 4.78 is 59.4. The zero-order valence-electron chi connectivity index (χ0n) is 45.3. The molecule has 4 atom stereocenters. The second-order valence-electron chi connectivity index (χ2n) is 23.0. The molecule has 2 fully saturated rings. The van der Waals surface area contributed by atoms with Gasteiger partial charge in [0.2, 0.25) is 0 Å². The standard InChI is InChI=1S/C30H40F2N4O.C26H36F2N2O.C4H5IN2/c1-29(2,3)22-9-8-10-23(16-22)30(11-6-5-7-12-30)33-19-28(37)27(35-26-18-34-36(4)20-26)15-21-13-24(31)17-25(32)14-21;1-25(2,3)19-8-7-9-20(15-19)26(10-5-4-6-11-26)30-17-24(31)23(29)14-18-12-21(27)16-22(28)13-18;1-7-3-4(5)2-6-7/h8-10,13-14,16-18,20,27-28,33,35,37H,5-7,11-12,15,19H2,1-4H3;7-9,12-13,15-16,23-24,30-31H,4-6,10-11,14,17,29H2,1-3H3;2-3H,1H3/t27-,28+;23-,24+;/m00./s1. The van der Waals surface area contributed by atoms with Crippen LogP contribution in [0.4, 0.5) is 23.2 Å². The van der Waals surface area contributed by atoms with Crippen molar-refractivity contribution in [1.29, 1.82) is 0 Å². The number of benzene rings is 4. The van der Waals surface area contributed by atoms with Crippen molar-refractivity contribution < 1.29 is 27.8 Å². The molecule has 6 aromatic rings. The van der Waals surface area contributed by atoms with Gasteiger partial charge in [0, 0.05) is 68.8 Å². The second-order valence-corrected chi connectivity index (χ2v) is 24.2. The number of aromatic nitrogens is 4. The molecule has 75 heavy (non-hydrogen) atoms. The topological polar surface area (TPSA) is 138 Å². The van der Waals surface area contributed by atoms with Crippen molar-refractivity contribution >= 4 is 28.3 Å². The lowest BCUT2D eigenvalue weighted by atomic mass is 9.74. The number of hydrogen-bond donors (Lipinski definition) is 6. The predicted octanol–water partition coefficient (Wildman–Crippen LogP) is 11.8. The van der Waals surface area contributed by atoms with E-state index in [0.29, 0.717) is 24.2 Å². The Morgan fingerprint density at radius 1 is 0.600 bits per heavy atom. The SMILES string of the molecule is CC(C)(C)c1cccc(C2(NC[C@@H](O)[C@@H](N)Cc3cc(F)cc(F)c3)CCCCC2)c1.Cn1cc(I)cn1.Cn1cc(N[C@@H](Cc2cc(F)cc(F)c2)[C@H](O)CNC2(c3cccc(C(C)(C)C)c3)CCCCC2)cn1. The summed E-state index contributed by atoms with van der Waals surface area (Å²) >= 11 is 2.22. The number of aliphatic hydroxyl groups is 2. The molecule has 2 aliphatic rings. The van der Waals surface area contributed by atoms with Crippen LogP contribution in [-0.4, -0.2) is 67.2 Å². The van der Waals surface area contributed by atoms with E-state index in [-0.39, 0.29) is 34.7 Å². The quantitative estimate of drug-likeness (QED) is 0.0416. The van der Waals surface area contributed by atoms with Crippen LogP contribution in [0.15, 0.2) is 110 Å². The Bertz CT molecular complexity index is 2660. The third-order valence-corrected chi connectivity index (χ3v) is 15.3.